The Hall–Kier alpha value is -3.06. The van der Waals surface area contributed by atoms with Crippen molar-refractivity contribution in [2.45, 2.75) is 19.9 Å². The van der Waals surface area contributed by atoms with Crippen LogP contribution in [-0.2, 0) is 11.3 Å². The van der Waals surface area contributed by atoms with Crippen molar-refractivity contribution in [3.8, 4) is 11.5 Å². The van der Waals surface area contributed by atoms with Crippen molar-refractivity contribution in [3.63, 3.8) is 0 Å². The summed E-state index contributed by atoms with van der Waals surface area (Å²) in [5, 5.41) is 5.72. The lowest BCUT2D eigenvalue weighted by Crippen LogP contribution is -2.25. The summed E-state index contributed by atoms with van der Waals surface area (Å²) in [6.45, 7) is 4.37. The van der Waals surface area contributed by atoms with Crippen LogP contribution >= 0.6 is 0 Å². The van der Waals surface area contributed by atoms with Crippen LogP contribution in [0.1, 0.15) is 39.6 Å². The molecule has 2 aromatic carbocycles. The van der Waals surface area contributed by atoms with Crippen LogP contribution < -0.4 is 20.1 Å². The van der Waals surface area contributed by atoms with Crippen molar-refractivity contribution in [1.29, 1.82) is 0 Å². The fourth-order valence-corrected chi connectivity index (χ4v) is 2.72. The van der Waals surface area contributed by atoms with E-state index in [1.165, 1.54) is 0 Å². The molecule has 0 saturated heterocycles. The third kappa shape index (κ3) is 5.23. The summed E-state index contributed by atoms with van der Waals surface area (Å²) in [5.74, 6) is 0.898. The van der Waals surface area contributed by atoms with E-state index in [2.05, 4.69) is 10.6 Å². The number of amides is 2. The highest BCUT2D eigenvalue weighted by atomic mass is 16.7. The normalized spacial score (nSPS) is 11.9. The highest BCUT2D eigenvalue weighted by molar-refractivity contribution is 5.95. The van der Waals surface area contributed by atoms with Crippen LogP contribution in [0.2, 0.25) is 0 Å². The van der Waals surface area contributed by atoms with Gasteiger partial charge in [0.2, 0.25) is 6.79 Å². The van der Waals surface area contributed by atoms with Gasteiger partial charge in [0, 0.05) is 37.4 Å². The largest absolute Gasteiger partial charge is 0.454 e. The maximum Gasteiger partial charge on any atom is 0.251 e. The molecule has 2 amide bonds. The number of fused-ring (bicyclic) bond motifs is 1. The first kappa shape index (κ1) is 19.7. The molecule has 1 heterocycles. The van der Waals surface area contributed by atoms with Crippen LogP contribution in [0.25, 0.3) is 0 Å². The average Bonchev–Trinajstić information content (AvgIpc) is 3.20. The lowest BCUT2D eigenvalue weighted by Gasteiger charge is -2.08. The number of benzene rings is 2. The molecule has 7 nitrogen and oxygen atoms in total. The number of nitrogens with one attached hydrogen (secondary N) is 2. The molecule has 0 saturated carbocycles. The first-order chi connectivity index (χ1) is 13.7. The molecular formula is C21H24N2O5. The topological polar surface area (TPSA) is 85.9 Å². The summed E-state index contributed by atoms with van der Waals surface area (Å²) in [5.41, 5.74) is 2.00. The molecule has 0 radical (unpaired) electrons. The van der Waals surface area contributed by atoms with Crippen molar-refractivity contribution in [3.05, 3.63) is 59.2 Å². The van der Waals surface area contributed by atoms with Crippen LogP contribution in [0.4, 0.5) is 0 Å². The van der Waals surface area contributed by atoms with Gasteiger partial charge in [-0.3, -0.25) is 9.59 Å². The summed E-state index contributed by atoms with van der Waals surface area (Å²) < 4.78 is 15.8. The number of ether oxygens (including phenoxy) is 3. The molecule has 7 heteroatoms. The zero-order valence-electron chi connectivity index (χ0n) is 15.8. The Morgan fingerprint density at radius 1 is 0.964 bits per heavy atom. The van der Waals surface area contributed by atoms with Gasteiger partial charge >= 0.3 is 0 Å². The van der Waals surface area contributed by atoms with Crippen LogP contribution in [0.15, 0.2) is 42.5 Å². The zero-order valence-corrected chi connectivity index (χ0v) is 15.8. The van der Waals surface area contributed by atoms with Crippen molar-refractivity contribution >= 4 is 11.8 Å². The molecule has 0 spiro atoms. The summed E-state index contributed by atoms with van der Waals surface area (Å²) in [6, 6.07) is 12.2. The molecule has 148 valence electrons. The summed E-state index contributed by atoms with van der Waals surface area (Å²) >= 11 is 0. The van der Waals surface area contributed by atoms with E-state index in [1.807, 2.05) is 19.1 Å². The first-order valence-electron chi connectivity index (χ1n) is 9.30. The fraction of sp³-hybridized carbons (Fsp3) is 0.333. The maximum absolute atomic E-state index is 12.3. The monoisotopic (exact) mass is 384 g/mol. The van der Waals surface area contributed by atoms with Crippen molar-refractivity contribution in [2.24, 2.45) is 0 Å². The second-order valence-corrected chi connectivity index (χ2v) is 6.25. The number of hydrogen-bond donors (Lipinski definition) is 2. The lowest BCUT2D eigenvalue weighted by molar-refractivity contribution is 0.0937. The SMILES string of the molecule is CCOCCCNC(=O)c1ccc(CNC(=O)c2ccc3c(c2)OCO3)cc1. The van der Waals surface area contributed by atoms with Crippen molar-refractivity contribution in [1.82, 2.24) is 10.6 Å². The summed E-state index contributed by atoms with van der Waals surface area (Å²) in [4.78, 5) is 24.4. The Bertz CT molecular complexity index is 820. The molecule has 0 aliphatic carbocycles. The Labute approximate surface area is 164 Å². The average molecular weight is 384 g/mol. The third-order valence-electron chi connectivity index (χ3n) is 4.26. The smallest absolute Gasteiger partial charge is 0.251 e. The Morgan fingerprint density at radius 2 is 1.68 bits per heavy atom. The standard InChI is InChI=1S/C21H24N2O5/c1-2-26-11-3-10-22-20(24)16-6-4-15(5-7-16)13-23-21(25)17-8-9-18-19(12-17)28-14-27-18/h4-9,12H,2-3,10-11,13-14H2,1H3,(H,22,24)(H,23,25). The summed E-state index contributed by atoms with van der Waals surface area (Å²) in [6.07, 6.45) is 0.781. The molecular weight excluding hydrogens is 360 g/mol. The molecule has 1 aliphatic rings. The van der Waals surface area contributed by atoms with Crippen molar-refractivity contribution in [2.75, 3.05) is 26.6 Å². The molecule has 0 atom stereocenters. The first-order valence-corrected chi connectivity index (χ1v) is 9.30. The molecule has 1 aliphatic heterocycles. The Morgan fingerprint density at radius 3 is 2.46 bits per heavy atom. The van der Waals surface area contributed by atoms with E-state index < -0.39 is 0 Å². The van der Waals surface area contributed by atoms with Gasteiger partial charge in [-0.2, -0.15) is 0 Å². The predicted octanol–water partition coefficient (Wildman–Crippen LogP) is 2.50. The molecule has 2 N–H and O–H groups in total. The fourth-order valence-electron chi connectivity index (χ4n) is 2.72. The van der Waals surface area contributed by atoms with Crippen LogP contribution in [0.3, 0.4) is 0 Å². The number of carbonyl (C=O) groups excluding carboxylic acids is 2. The second kappa shape index (κ2) is 9.75. The molecule has 0 bridgehead atoms. The van der Waals surface area contributed by atoms with E-state index in [0.29, 0.717) is 48.9 Å². The van der Waals surface area contributed by atoms with Gasteiger partial charge < -0.3 is 24.8 Å². The molecule has 0 fully saturated rings. The van der Waals surface area contributed by atoms with Crippen LogP contribution in [-0.4, -0.2) is 38.4 Å². The Balaban J connectivity index is 1.46. The molecule has 28 heavy (non-hydrogen) atoms. The zero-order chi connectivity index (χ0) is 19.8. The van der Waals surface area contributed by atoms with Gasteiger partial charge in [0.05, 0.1) is 0 Å². The quantitative estimate of drug-likeness (QED) is 0.649. The van der Waals surface area contributed by atoms with Crippen LogP contribution in [0.5, 0.6) is 11.5 Å². The number of rotatable bonds is 9. The molecule has 0 unspecified atom stereocenters. The van der Waals surface area contributed by atoms with E-state index in [0.717, 1.165) is 12.0 Å². The van der Waals surface area contributed by atoms with Gasteiger partial charge in [-0.05, 0) is 49.2 Å². The van der Waals surface area contributed by atoms with Gasteiger partial charge in [-0.15, -0.1) is 0 Å². The van der Waals surface area contributed by atoms with E-state index >= 15 is 0 Å². The van der Waals surface area contributed by atoms with Gasteiger partial charge in [0.15, 0.2) is 11.5 Å². The Kier molecular flexibility index (Phi) is 6.86. The maximum atomic E-state index is 12.3. The van der Waals surface area contributed by atoms with Crippen molar-refractivity contribution < 1.29 is 23.8 Å². The van der Waals surface area contributed by atoms with Gasteiger partial charge in [0.25, 0.3) is 11.8 Å². The minimum atomic E-state index is -0.200. The minimum absolute atomic E-state index is 0.118. The lowest BCUT2D eigenvalue weighted by atomic mass is 10.1. The minimum Gasteiger partial charge on any atom is -0.454 e. The number of hydrogen-bond acceptors (Lipinski definition) is 5. The molecule has 0 aromatic heterocycles. The third-order valence-corrected chi connectivity index (χ3v) is 4.26. The highest BCUT2D eigenvalue weighted by Crippen LogP contribution is 2.32. The van der Waals surface area contributed by atoms with E-state index in [1.54, 1.807) is 30.3 Å². The van der Waals surface area contributed by atoms with E-state index in [9.17, 15) is 9.59 Å². The summed E-state index contributed by atoms with van der Waals surface area (Å²) in [7, 11) is 0. The van der Waals surface area contributed by atoms with E-state index in [-0.39, 0.29) is 18.6 Å². The van der Waals surface area contributed by atoms with E-state index in [4.69, 9.17) is 14.2 Å². The van der Waals surface area contributed by atoms with Gasteiger partial charge in [-0.25, -0.2) is 0 Å². The molecule has 3 rings (SSSR count). The predicted molar refractivity (Wildman–Crippen MR) is 104 cm³/mol. The highest BCUT2D eigenvalue weighted by Gasteiger charge is 2.16. The molecule has 2 aromatic rings. The number of carbonyl (C=O) groups is 2. The van der Waals surface area contributed by atoms with Gasteiger partial charge in [0.1, 0.15) is 0 Å². The van der Waals surface area contributed by atoms with Gasteiger partial charge in [-0.1, -0.05) is 12.1 Å². The van der Waals surface area contributed by atoms with Crippen LogP contribution in [0, 0.1) is 0 Å². The second-order valence-electron chi connectivity index (χ2n) is 6.25.